The van der Waals surface area contributed by atoms with Gasteiger partial charge in [-0.3, -0.25) is 0 Å². The Morgan fingerprint density at radius 3 is 2.60 bits per heavy atom. The molecule has 2 N–H and O–H groups in total. The number of nitrogens with zero attached hydrogens (tertiary/aromatic N) is 2. The summed E-state index contributed by atoms with van der Waals surface area (Å²) < 4.78 is 5.17. The molecule has 1 unspecified atom stereocenters. The molecule has 0 aliphatic carbocycles. The molecule has 6 heteroatoms. The summed E-state index contributed by atoms with van der Waals surface area (Å²) in [5.41, 5.74) is 1.56. The second kappa shape index (κ2) is 6.23. The number of aliphatic hydroxyl groups excluding tert-OH is 1. The van der Waals surface area contributed by atoms with Crippen molar-refractivity contribution in [1.82, 2.24) is 10.2 Å². The van der Waals surface area contributed by atoms with Gasteiger partial charge in [0, 0.05) is 17.7 Å². The van der Waals surface area contributed by atoms with Crippen molar-refractivity contribution < 1.29 is 19.7 Å². The van der Waals surface area contributed by atoms with E-state index in [1.54, 1.807) is 37.3 Å². The maximum absolute atomic E-state index is 10.7. The minimum atomic E-state index is -1.13. The first-order chi connectivity index (χ1) is 9.63. The number of rotatable bonds is 5. The topological polar surface area (TPSA) is 92.5 Å². The Morgan fingerprint density at radius 1 is 1.25 bits per heavy atom. The van der Waals surface area contributed by atoms with Gasteiger partial charge < -0.3 is 14.9 Å². The summed E-state index contributed by atoms with van der Waals surface area (Å²) in [7, 11) is 0. The Balaban J connectivity index is 2.39. The third kappa shape index (κ3) is 2.98. The number of carbonyl (C=O) groups is 1. The molecule has 0 saturated heterocycles. The molecule has 104 valence electrons. The highest BCUT2D eigenvalue weighted by atomic mass is 16.6. The van der Waals surface area contributed by atoms with Crippen LogP contribution in [0.4, 0.5) is 0 Å². The summed E-state index contributed by atoms with van der Waals surface area (Å²) in [5, 5.41) is 26.2. The van der Waals surface area contributed by atoms with Crippen LogP contribution in [0.3, 0.4) is 0 Å². The summed E-state index contributed by atoms with van der Waals surface area (Å²) in [6, 6.07) is 9.98. The number of carboxylic acids is 1. The summed E-state index contributed by atoms with van der Waals surface area (Å²) >= 11 is 0. The van der Waals surface area contributed by atoms with E-state index in [0.29, 0.717) is 23.4 Å². The second-order valence-electron chi connectivity index (χ2n) is 4.00. The lowest BCUT2D eigenvalue weighted by Crippen LogP contribution is -2.06. The summed E-state index contributed by atoms with van der Waals surface area (Å²) in [5.74, 6) is -1.13. The van der Waals surface area contributed by atoms with Crippen LogP contribution in [-0.4, -0.2) is 33.0 Å². The van der Waals surface area contributed by atoms with Crippen LogP contribution < -0.4 is 0 Å². The fourth-order valence-corrected chi connectivity index (χ4v) is 1.78. The predicted octanol–water partition coefficient (Wildman–Crippen LogP) is 1.87. The zero-order chi connectivity index (χ0) is 14.5. The van der Waals surface area contributed by atoms with Gasteiger partial charge in [0.25, 0.3) is 0 Å². The first-order valence-corrected chi connectivity index (χ1v) is 6.09. The molecule has 6 nitrogen and oxygen atoms in total. The summed E-state index contributed by atoms with van der Waals surface area (Å²) in [4.78, 5) is 10.7. The predicted molar refractivity (Wildman–Crippen MR) is 71.0 cm³/mol. The average Bonchev–Trinajstić information content (AvgIpc) is 2.47. The van der Waals surface area contributed by atoms with Crippen LogP contribution in [0, 0.1) is 0 Å². The van der Waals surface area contributed by atoms with Crippen LogP contribution in [0.5, 0.6) is 0 Å². The van der Waals surface area contributed by atoms with E-state index in [9.17, 15) is 9.90 Å². The molecule has 0 fully saturated rings. The Labute approximate surface area is 115 Å². The fraction of sp³-hybridized carbons (Fsp3) is 0.214. The van der Waals surface area contributed by atoms with Gasteiger partial charge in [0.15, 0.2) is 12.0 Å². The lowest BCUT2D eigenvalue weighted by molar-refractivity contribution is -0.0976. The number of aromatic nitrogens is 2. The molecular formula is C14H14N2O4. The highest BCUT2D eigenvalue weighted by Crippen LogP contribution is 2.27. The minimum Gasteiger partial charge on any atom is -0.476 e. The smallest absolute Gasteiger partial charge is 0.356 e. The molecule has 20 heavy (non-hydrogen) atoms. The lowest BCUT2D eigenvalue weighted by atomic mass is 10.0. The minimum absolute atomic E-state index is 0.128. The molecule has 0 aliphatic heterocycles. The zero-order valence-electron chi connectivity index (χ0n) is 10.9. The second-order valence-corrected chi connectivity index (χ2v) is 4.00. The molecule has 1 aromatic carbocycles. The Bertz CT molecular complexity index is 598. The van der Waals surface area contributed by atoms with Gasteiger partial charge in [-0.1, -0.05) is 24.3 Å². The molecule has 0 amide bonds. The Kier molecular flexibility index (Phi) is 4.39. The van der Waals surface area contributed by atoms with Crippen molar-refractivity contribution in [2.24, 2.45) is 0 Å². The molecule has 1 heterocycles. The molecule has 1 aromatic heterocycles. The van der Waals surface area contributed by atoms with Crippen molar-refractivity contribution in [3.63, 3.8) is 0 Å². The van der Waals surface area contributed by atoms with E-state index in [4.69, 9.17) is 9.84 Å². The quantitative estimate of drug-likeness (QED) is 0.808. The van der Waals surface area contributed by atoms with E-state index < -0.39 is 12.3 Å². The van der Waals surface area contributed by atoms with Crippen LogP contribution in [-0.2, 0) is 4.74 Å². The third-order valence-corrected chi connectivity index (χ3v) is 2.71. The SMILES string of the molecule is CCOC(O)c1ccccc1-c1ccc(C(=O)O)nn1. The zero-order valence-corrected chi connectivity index (χ0v) is 10.9. The largest absolute Gasteiger partial charge is 0.476 e. The molecular weight excluding hydrogens is 260 g/mol. The van der Waals surface area contributed by atoms with E-state index in [1.807, 2.05) is 0 Å². The van der Waals surface area contributed by atoms with Crippen LogP contribution in [0.2, 0.25) is 0 Å². The standard InChI is InChI=1S/C14H14N2O4/c1-2-20-14(19)10-6-4-3-5-9(10)11-7-8-12(13(17)18)16-15-11/h3-8,14,19H,2H2,1H3,(H,17,18). The van der Waals surface area contributed by atoms with E-state index in [1.165, 1.54) is 6.07 Å². The summed E-state index contributed by atoms with van der Waals surface area (Å²) in [6.07, 6.45) is -1.06. The fourth-order valence-electron chi connectivity index (χ4n) is 1.78. The van der Waals surface area contributed by atoms with Crippen molar-refractivity contribution in [2.75, 3.05) is 6.61 Å². The van der Waals surface area contributed by atoms with E-state index in [2.05, 4.69) is 10.2 Å². The maximum Gasteiger partial charge on any atom is 0.356 e. The highest BCUT2D eigenvalue weighted by molar-refractivity contribution is 5.85. The molecule has 2 aromatic rings. The van der Waals surface area contributed by atoms with Crippen molar-refractivity contribution in [1.29, 1.82) is 0 Å². The summed E-state index contributed by atoms with van der Waals surface area (Å²) in [6.45, 7) is 2.16. The molecule has 0 spiro atoms. The van der Waals surface area contributed by atoms with Gasteiger partial charge in [0.2, 0.25) is 0 Å². The monoisotopic (exact) mass is 274 g/mol. The molecule has 0 saturated carbocycles. The third-order valence-electron chi connectivity index (χ3n) is 2.71. The van der Waals surface area contributed by atoms with E-state index in [0.717, 1.165) is 0 Å². The molecule has 0 bridgehead atoms. The Hall–Kier alpha value is -2.31. The molecule has 2 rings (SSSR count). The van der Waals surface area contributed by atoms with Gasteiger partial charge in [-0.05, 0) is 19.1 Å². The van der Waals surface area contributed by atoms with Crippen molar-refractivity contribution in [2.45, 2.75) is 13.2 Å². The number of aromatic carboxylic acids is 1. The first kappa shape index (κ1) is 14.1. The number of carboxylic acid groups (broad SMARTS) is 1. The number of hydrogen-bond acceptors (Lipinski definition) is 5. The van der Waals surface area contributed by atoms with E-state index >= 15 is 0 Å². The van der Waals surface area contributed by atoms with Gasteiger partial charge in [-0.15, -0.1) is 10.2 Å². The van der Waals surface area contributed by atoms with Crippen molar-refractivity contribution in [3.05, 3.63) is 47.7 Å². The Morgan fingerprint density at radius 2 is 2.00 bits per heavy atom. The van der Waals surface area contributed by atoms with Gasteiger partial charge >= 0.3 is 5.97 Å². The number of aliphatic hydroxyl groups is 1. The van der Waals surface area contributed by atoms with Gasteiger partial charge in [0.1, 0.15) is 0 Å². The molecule has 1 atom stereocenters. The number of hydrogen-bond donors (Lipinski definition) is 2. The van der Waals surface area contributed by atoms with Crippen LogP contribution in [0.25, 0.3) is 11.3 Å². The van der Waals surface area contributed by atoms with Gasteiger partial charge in [0.05, 0.1) is 5.69 Å². The normalized spacial score (nSPS) is 12.1. The molecule has 0 aliphatic rings. The van der Waals surface area contributed by atoms with Crippen molar-refractivity contribution >= 4 is 5.97 Å². The highest BCUT2D eigenvalue weighted by Gasteiger charge is 2.15. The number of ether oxygens (including phenoxy) is 1. The van der Waals surface area contributed by atoms with E-state index in [-0.39, 0.29) is 5.69 Å². The van der Waals surface area contributed by atoms with Crippen LogP contribution in [0.1, 0.15) is 29.3 Å². The van der Waals surface area contributed by atoms with Gasteiger partial charge in [-0.25, -0.2) is 4.79 Å². The maximum atomic E-state index is 10.7. The first-order valence-electron chi connectivity index (χ1n) is 6.09. The van der Waals surface area contributed by atoms with Crippen LogP contribution in [0.15, 0.2) is 36.4 Å². The molecule has 0 radical (unpaired) electrons. The number of benzene rings is 1. The van der Waals surface area contributed by atoms with Crippen molar-refractivity contribution in [3.8, 4) is 11.3 Å². The average molecular weight is 274 g/mol. The van der Waals surface area contributed by atoms with Crippen LogP contribution >= 0.6 is 0 Å². The lowest BCUT2D eigenvalue weighted by Gasteiger charge is -2.14. The van der Waals surface area contributed by atoms with Gasteiger partial charge in [-0.2, -0.15) is 0 Å².